The molecule has 0 heterocycles. The number of anilines is 2. The summed E-state index contributed by atoms with van der Waals surface area (Å²) in [5.74, 6) is -0.413. The van der Waals surface area contributed by atoms with Crippen molar-refractivity contribution in [2.45, 2.75) is 6.54 Å². The summed E-state index contributed by atoms with van der Waals surface area (Å²) in [6, 6.07) is 12.8. The van der Waals surface area contributed by atoms with Crippen LogP contribution in [0.5, 0.6) is 0 Å². The molecule has 2 nitrogen and oxygen atoms in total. The molecule has 0 saturated heterocycles. The standard InChI is InChI=1S/C13H12BrFN2/c14-10-6-7-11(15)12(16)13(10)17-8-9-4-2-1-3-5-9/h1-7,17H,8,16H2. The van der Waals surface area contributed by atoms with Gasteiger partial charge in [-0.1, -0.05) is 30.3 Å². The summed E-state index contributed by atoms with van der Waals surface area (Å²) in [7, 11) is 0. The quantitative estimate of drug-likeness (QED) is 0.846. The fourth-order valence-electron chi connectivity index (χ4n) is 1.53. The largest absolute Gasteiger partial charge is 0.395 e. The highest BCUT2D eigenvalue weighted by atomic mass is 79.9. The highest BCUT2D eigenvalue weighted by molar-refractivity contribution is 9.10. The molecule has 0 unspecified atom stereocenters. The zero-order chi connectivity index (χ0) is 12.3. The lowest BCUT2D eigenvalue weighted by Crippen LogP contribution is -2.04. The number of nitrogens with one attached hydrogen (secondary N) is 1. The lowest BCUT2D eigenvalue weighted by Gasteiger charge is -2.12. The Morgan fingerprint density at radius 1 is 1.12 bits per heavy atom. The maximum atomic E-state index is 13.3. The summed E-state index contributed by atoms with van der Waals surface area (Å²) < 4.78 is 14.1. The highest BCUT2D eigenvalue weighted by Crippen LogP contribution is 2.31. The van der Waals surface area contributed by atoms with E-state index in [1.807, 2.05) is 30.3 Å². The topological polar surface area (TPSA) is 38.0 Å². The van der Waals surface area contributed by atoms with Crippen LogP contribution in [0, 0.1) is 5.82 Å². The van der Waals surface area contributed by atoms with Crippen molar-refractivity contribution in [1.82, 2.24) is 0 Å². The van der Waals surface area contributed by atoms with Crippen molar-refractivity contribution in [2.24, 2.45) is 0 Å². The van der Waals surface area contributed by atoms with Crippen molar-refractivity contribution >= 4 is 27.3 Å². The van der Waals surface area contributed by atoms with E-state index < -0.39 is 5.82 Å². The fourth-order valence-corrected chi connectivity index (χ4v) is 2.02. The Hall–Kier alpha value is -1.55. The lowest BCUT2D eigenvalue weighted by molar-refractivity contribution is 0.632. The van der Waals surface area contributed by atoms with Gasteiger partial charge in [0, 0.05) is 11.0 Å². The van der Waals surface area contributed by atoms with Gasteiger partial charge in [0.1, 0.15) is 5.82 Å². The predicted octanol–water partition coefficient (Wildman–Crippen LogP) is 3.78. The number of halogens is 2. The van der Waals surface area contributed by atoms with Gasteiger partial charge in [0.05, 0.1) is 11.4 Å². The summed E-state index contributed by atoms with van der Waals surface area (Å²) in [6.45, 7) is 0.604. The fraction of sp³-hybridized carbons (Fsp3) is 0.0769. The van der Waals surface area contributed by atoms with Crippen molar-refractivity contribution in [3.63, 3.8) is 0 Å². The Kier molecular flexibility index (Phi) is 3.64. The van der Waals surface area contributed by atoms with E-state index in [2.05, 4.69) is 21.2 Å². The monoisotopic (exact) mass is 294 g/mol. The van der Waals surface area contributed by atoms with E-state index in [9.17, 15) is 4.39 Å². The molecule has 0 radical (unpaired) electrons. The number of rotatable bonds is 3. The molecule has 0 aliphatic rings. The Morgan fingerprint density at radius 2 is 1.82 bits per heavy atom. The van der Waals surface area contributed by atoms with Crippen LogP contribution in [0.4, 0.5) is 15.8 Å². The van der Waals surface area contributed by atoms with Crippen molar-refractivity contribution in [3.05, 3.63) is 58.3 Å². The van der Waals surface area contributed by atoms with E-state index in [4.69, 9.17) is 5.73 Å². The average molecular weight is 295 g/mol. The molecule has 2 aromatic carbocycles. The minimum atomic E-state index is -0.413. The summed E-state index contributed by atoms with van der Waals surface area (Å²) in [5, 5.41) is 3.13. The predicted molar refractivity (Wildman–Crippen MR) is 72.3 cm³/mol. The van der Waals surface area contributed by atoms with E-state index in [0.29, 0.717) is 12.2 Å². The van der Waals surface area contributed by atoms with Crippen LogP contribution in [-0.2, 0) is 6.54 Å². The molecular formula is C13H12BrFN2. The van der Waals surface area contributed by atoms with Crippen LogP contribution in [0.1, 0.15) is 5.56 Å². The first kappa shape index (κ1) is 11.9. The smallest absolute Gasteiger partial charge is 0.148 e. The summed E-state index contributed by atoms with van der Waals surface area (Å²) in [4.78, 5) is 0. The molecule has 0 bridgehead atoms. The van der Waals surface area contributed by atoms with E-state index in [-0.39, 0.29) is 5.69 Å². The summed E-state index contributed by atoms with van der Waals surface area (Å²) in [6.07, 6.45) is 0. The van der Waals surface area contributed by atoms with Gasteiger partial charge in [-0.3, -0.25) is 0 Å². The SMILES string of the molecule is Nc1c(F)ccc(Br)c1NCc1ccccc1. The van der Waals surface area contributed by atoms with E-state index in [1.54, 1.807) is 6.07 Å². The van der Waals surface area contributed by atoms with Gasteiger partial charge >= 0.3 is 0 Å². The molecular weight excluding hydrogens is 283 g/mol. The first-order valence-corrected chi connectivity index (χ1v) is 5.99. The number of nitrogens with two attached hydrogens (primary N) is 1. The first-order valence-electron chi connectivity index (χ1n) is 5.20. The average Bonchev–Trinajstić information content (AvgIpc) is 2.35. The van der Waals surface area contributed by atoms with E-state index in [1.165, 1.54) is 6.07 Å². The summed E-state index contributed by atoms with van der Waals surface area (Å²) >= 11 is 3.35. The van der Waals surface area contributed by atoms with Crippen LogP contribution in [-0.4, -0.2) is 0 Å². The van der Waals surface area contributed by atoms with Crippen molar-refractivity contribution < 1.29 is 4.39 Å². The minimum Gasteiger partial charge on any atom is -0.395 e. The second-order valence-corrected chi connectivity index (χ2v) is 4.51. The van der Waals surface area contributed by atoms with Gasteiger partial charge in [-0.15, -0.1) is 0 Å². The van der Waals surface area contributed by atoms with Gasteiger partial charge in [-0.25, -0.2) is 4.39 Å². The van der Waals surface area contributed by atoms with E-state index in [0.717, 1.165) is 10.0 Å². The van der Waals surface area contributed by atoms with Crippen LogP contribution in [0.3, 0.4) is 0 Å². The van der Waals surface area contributed by atoms with Crippen LogP contribution < -0.4 is 11.1 Å². The third-order valence-electron chi connectivity index (χ3n) is 2.45. The van der Waals surface area contributed by atoms with Gasteiger partial charge in [-0.2, -0.15) is 0 Å². The molecule has 0 atom stereocenters. The normalized spacial score (nSPS) is 10.2. The van der Waals surface area contributed by atoms with Crippen molar-refractivity contribution in [2.75, 3.05) is 11.1 Å². The molecule has 0 fully saturated rings. The molecule has 88 valence electrons. The van der Waals surface area contributed by atoms with Gasteiger partial charge in [-0.05, 0) is 33.6 Å². The molecule has 0 amide bonds. The van der Waals surface area contributed by atoms with Gasteiger partial charge < -0.3 is 11.1 Å². The van der Waals surface area contributed by atoms with Gasteiger partial charge in [0.2, 0.25) is 0 Å². The highest BCUT2D eigenvalue weighted by Gasteiger charge is 2.08. The number of benzene rings is 2. The van der Waals surface area contributed by atoms with Crippen LogP contribution in [0.2, 0.25) is 0 Å². The Balaban J connectivity index is 2.17. The van der Waals surface area contributed by atoms with Crippen LogP contribution in [0.15, 0.2) is 46.9 Å². The zero-order valence-corrected chi connectivity index (χ0v) is 10.7. The third-order valence-corrected chi connectivity index (χ3v) is 3.11. The molecule has 0 aliphatic heterocycles. The van der Waals surface area contributed by atoms with Crippen LogP contribution in [0.25, 0.3) is 0 Å². The van der Waals surface area contributed by atoms with Crippen LogP contribution >= 0.6 is 15.9 Å². The zero-order valence-electron chi connectivity index (χ0n) is 9.08. The maximum Gasteiger partial charge on any atom is 0.148 e. The Labute approximate surface area is 108 Å². The number of hydrogen-bond donors (Lipinski definition) is 2. The summed E-state index contributed by atoms with van der Waals surface area (Å²) in [5.41, 5.74) is 7.52. The maximum absolute atomic E-state index is 13.3. The molecule has 2 aromatic rings. The second-order valence-electron chi connectivity index (χ2n) is 3.66. The Bertz CT molecular complexity index is 514. The second kappa shape index (κ2) is 5.19. The first-order chi connectivity index (χ1) is 8.18. The minimum absolute atomic E-state index is 0.135. The molecule has 3 N–H and O–H groups in total. The molecule has 0 aliphatic carbocycles. The number of nitrogen functional groups attached to an aromatic ring is 1. The third kappa shape index (κ3) is 2.77. The Morgan fingerprint density at radius 3 is 2.53 bits per heavy atom. The van der Waals surface area contributed by atoms with Gasteiger partial charge in [0.15, 0.2) is 0 Å². The van der Waals surface area contributed by atoms with Gasteiger partial charge in [0.25, 0.3) is 0 Å². The molecule has 4 heteroatoms. The van der Waals surface area contributed by atoms with Crippen molar-refractivity contribution in [1.29, 1.82) is 0 Å². The molecule has 0 spiro atoms. The molecule has 0 saturated carbocycles. The van der Waals surface area contributed by atoms with E-state index >= 15 is 0 Å². The molecule has 17 heavy (non-hydrogen) atoms. The molecule has 2 rings (SSSR count). The molecule has 0 aromatic heterocycles. The van der Waals surface area contributed by atoms with Crippen molar-refractivity contribution in [3.8, 4) is 0 Å². The lowest BCUT2D eigenvalue weighted by atomic mass is 10.2. The number of hydrogen-bond acceptors (Lipinski definition) is 2.